The molecule has 0 aromatic heterocycles. The lowest BCUT2D eigenvalue weighted by atomic mass is 10.0. The Bertz CT molecular complexity index is 575. The zero-order chi connectivity index (χ0) is 12.3. The number of nitrogens with one attached hydrogen (secondary N) is 1. The van der Waals surface area contributed by atoms with E-state index in [9.17, 15) is 4.79 Å². The normalized spacial score (nSPS) is 10.1. The van der Waals surface area contributed by atoms with Crippen LogP contribution >= 0.6 is 12.2 Å². The number of thiocarbonyl (C=S) groups is 1. The van der Waals surface area contributed by atoms with Gasteiger partial charge in [-0.2, -0.15) is 0 Å². The number of amides is 1. The summed E-state index contributed by atoms with van der Waals surface area (Å²) in [5.41, 5.74) is 6.23. The first-order valence-electron chi connectivity index (χ1n) is 5.23. The van der Waals surface area contributed by atoms with Gasteiger partial charge >= 0.3 is 0 Å². The molecule has 2 aromatic rings. The molecule has 2 rings (SSSR count). The Labute approximate surface area is 105 Å². The van der Waals surface area contributed by atoms with Crippen molar-refractivity contribution in [2.45, 2.75) is 6.42 Å². The van der Waals surface area contributed by atoms with E-state index in [1.165, 1.54) is 0 Å². The first-order chi connectivity index (χ1) is 8.16. The smallest absolute Gasteiger partial charge is 0.230 e. The zero-order valence-corrected chi connectivity index (χ0v) is 9.96. The minimum Gasteiger partial charge on any atom is -0.376 e. The summed E-state index contributed by atoms with van der Waals surface area (Å²) in [6.07, 6.45) is 0.276. The van der Waals surface area contributed by atoms with E-state index in [0.717, 1.165) is 16.3 Å². The fourth-order valence-corrected chi connectivity index (χ4v) is 1.92. The molecular formula is C13H12N2OS. The second kappa shape index (κ2) is 4.93. The molecule has 0 radical (unpaired) electrons. The second-order valence-corrected chi connectivity index (χ2v) is 4.17. The number of benzene rings is 2. The average molecular weight is 244 g/mol. The highest BCUT2D eigenvalue weighted by atomic mass is 32.1. The Hall–Kier alpha value is -1.94. The van der Waals surface area contributed by atoms with Crippen LogP contribution in [0.1, 0.15) is 5.56 Å². The van der Waals surface area contributed by atoms with Crippen LogP contribution in [0.3, 0.4) is 0 Å². The van der Waals surface area contributed by atoms with Gasteiger partial charge in [-0.15, -0.1) is 0 Å². The highest BCUT2D eigenvalue weighted by molar-refractivity contribution is 7.80. The van der Waals surface area contributed by atoms with Gasteiger partial charge in [0.15, 0.2) is 5.11 Å². The summed E-state index contributed by atoms with van der Waals surface area (Å²) >= 11 is 4.63. The monoisotopic (exact) mass is 244 g/mol. The Balaban J connectivity index is 2.30. The van der Waals surface area contributed by atoms with Crippen molar-refractivity contribution in [1.82, 2.24) is 5.32 Å². The van der Waals surface area contributed by atoms with E-state index in [2.05, 4.69) is 17.5 Å². The molecule has 0 heterocycles. The Morgan fingerprint density at radius 2 is 1.88 bits per heavy atom. The van der Waals surface area contributed by atoms with Crippen LogP contribution in [0.4, 0.5) is 0 Å². The molecule has 0 atom stereocenters. The van der Waals surface area contributed by atoms with E-state index in [1.54, 1.807) is 0 Å². The second-order valence-electron chi connectivity index (χ2n) is 3.73. The van der Waals surface area contributed by atoms with Gasteiger partial charge in [0.05, 0.1) is 6.42 Å². The van der Waals surface area contributed by atoms with Gasteiger partial charge in [-0.3, -0.25) is 4.79 Å². The quantitative estimate of drug-likeness (QED) is 0.791. The number of carbonyl (C=O) groups is 1. The average Bonchev–Trinajstić information content (AvgIpc) is 2.28. The van der Waals surface area contributed by atoms with Crippen molar-refractivity contribution in [3.63, 3.8) is 0 Å². The number of carbonyl (C=O) groups excluding carboxylic acids is 1. The molecule has 0 saturated carbocycles. The van der Waals surface area contributed by atoms with E-state index in [0.29, 0.717) is 0 Å². The van der Waals surface area contributed by atoms with Gasteiger partial charge in [-0.25, -0.2) is 0 Å². The fourth-order valence-electron chi connectivity index (χ4n) is 1.80. The fraction of sp³-hybridized carbons (Fsp3) is 0.0769. The van der Waals surface area contributed by atoms with Crippen LogP contribution in [-0.2, 0) is 11.2 Å². The molecule has 2 aromatic carbocycles. The predicted octanol–water partition coefficient (Wildman–Crippen LogP) is 1.74. The molecule has 0 fully saturated rings. The van der Waals surface area contributed by atoms with E-state index in [1.807, 2.05) is 42.5 Å². The molecule has 0 aliphatic rings. The van der Waals surface area contributed by atoms with Crippen LogP contribution < -0.4 is 11.1 Å². The molecule has 86 valence electrons. The van der Waals surface area contributed by atoms with Crippen LogP contribution in [0.5, 0.6) is 0 Å². The molecule has 17 heavy (non-hydrogen) atoms. The molecule has 0 spiro atoms. The van der Waals surface area contributed by atoms with Crippen molar-refractivity contribution in [2.75, 3.05) is 0 Å². The van der Waals surface area contributed by atoms with Crippen LogP contribution in [0.2, 0.25) is 0 Å². The first kappa shape index (κ1) is 11.5. The summed E-state index contributed by atoms with van der Waals surface area (Å²) in [5.74, 6) is -0.186. The number of hydrogen-bond acceptors (Lipinski definition) is 2. The standard InChI is InChI=1S/C13H12N2OS/c14-13(17)15-12(16)8-10-6-3-5-9-4-1-2-7-11(9)10/h1-7H,8H2,(H3,14,15,16,17). The summed E-state index contributed by atoms with van der Waals surface area (Å²) in [6.45, 7) is 0. The lowest BCUT2D eigenvalue weighted by molar-refractivity contribution is -0.119. The molecule has 3 N–H and O–H groups in total. The van der Waals surface area contributed by atoms with Crippen molar-refractivity contribution in [2.24, 2.45) is 5.73 Å². The summed E-state index contributed by atoms with van der Waals surface area (Å²) in [6, 6.07) is 13.8. The maximum absolute atomic E-state index is 11.6. The van der Waals surface area contributed by atoms with Crippen LogP contribution in [0.25, 0.3) is 10.8 Å². The number of rotatable bonds is 2. The SMILES string of the molecule is NC(=S)NC(=O)Cc1cccc2ccccc12. The summed E-state index contributed by atoms with van der Waals surface area (Å²) in [7, 11) is 0. The van der Waals surface area contributed by atoms with Crippen molar-refractivity contribution >= 4 is 34.0 Å². The van der Waals surface area contributed by atoms with Crippen LogP contribution in [0.15, 0.2) is 42.5 Å². The Kier molecular flexibility index (Phi) is 3.35. The van der Waals surface area contributed by atoms with Gasteiger partial charge in [0.1, 0.15) is 0 Å². The third kappa shape index (κ3) is 2.79. The third-order valence-electron chi connectivity index (χ3n) is 2.49. The Morgan fingerprint density at radius 1 is 1.18 bits per heavy atom. The van der Waals surface area contributed by atoms with Crippen molar-refractivity contribution in [3.8, 4) is 0 Å². The lowest BCUT2D eigenvalue weighted by Crippen LogP contribution is -2.35. The van der Waals surface area contributed by atoms with Gasteiger partial charge in [-0.1, -0.05) is 42.5 Å². The maximum atomic E-state index is 11.6. The van der Waals surface area contributed by atoms with Crippen molar-refractivity contribution in [1.29, 1.82) is 0 Å². The molecule has 0 unspecified atom stereocenters. The van der Waals surface area contributed by atoms with E-state index in [4.69, 9.17) is 5.73 Å². The van der Waals surface area contributed by atoms with E-state index >= 15 is 0 Å². The van der Waals surface area contributed by atoms with Gasteiger partial charge in [0.25, 0.3) is 0 Å². The molecule has 1 amide bonds. The molecule has 4 heteroatoms. The highest BCUT2D eigenvalue weighted by Gasteiger charge is 2.06. The van der Waals surface area contributed by atoms with Crippen molar-refractivity contribution in [3.05, 3.63) is 48.0 Å². The Morgan fingerprint density at radius 3 is 2.65 bits per heavy atom. The molecule has 0 bridgehead atoms. The number of hydrogen-bond donors (Lipinski definition) is 2. The topological polar surface area (TPSA) is 55.1 Å². The number of fused-ring (bicyclic) bond motifs is 1. The van der Waals surface area contributed by atoms with Crippen molar-refractivity contribution < 1.29 is 4.79 Å². The molecule has 0 aliphatic heterocycles. The third-order valence-corrected chi connectivity index (χ3v) is 2.60. The lowest BCUT2D eigenvalue weighted by Gasteiger charge is -2.06. The van der Waals surface area contributed by atoms with Gasteiger partial charge in [0.2, 0.25) is 5.91 Å². The first-order valence-corrected chi connectivity index (χ1v) is 5.63. The van der Waals surface area contributed by atoms with Gasteiger partial charge in [-0.05, 0) is 28.6 Å². The predicted molar refractivity (Wildman–Crippen MR) is 72.6 cm³/mol. The van der Waals surface area contributed by atoms with Crippen LogP contribution in [0, 0.1) is 0 Å². The summed E-state index contributed by atoms with van der Waals surface area (Å²) in [4.78, 5) is 11.6. The van der Waals surface area contributed by atoms with Crippen LogP contribution in [-0.4, -0.2) is 11.0 Å². The van der Waals surface area contributed by atoms with E-state index < -0.39 is 0 Å². The highest BCUT2D eigenvalue weighted by Crippen LogP contribution is 2.18. The van der Waals surface area contributed by atoms with Gasteiger partial charge < -0.3 is 11.1 Å². The maximum Gasteiger partial charge on any atom is 0.230 e. The largest absolute Gasteiger partial charge is 0.376 e. The molecule has 0 saturated heterocycles. The number of nitrogens with two attached hydrogens (primary N) is 1. The summed E-state index contributed by atoms with van der Waals surface area (Å²) < 4.78 is 0. The van der Waals surface area contributed by atoms with Gasteiger partial charge in [0, 0.05) is 0 Å². The summed E-state index contributed by atoms with van der Waals surface area (Å²) in [5, 5.41) is 4.63. The zero-order valence-electron chi connectivity index (χ0n) is 9.14. The molecule has 0 aliphatic carbocycles. The van der Waals surface area contributed by atoms with E-state index in [-0.39, 0.29) is 17.4 Å². The minimum absolute atomic E-state index is 0.00948. The minimum atomic E-state index is -0.186. The molecule has 3 nitrogen and oxygen atoms in total. The molecular weight excluding hydrogens is 232 g/mol.